The van der Waals surface area contributed by atoms with E-state index in [4.69, 9.17) is 71.6 Å². The molecule has 10 rings (SSSR count). The number of hydrogen-bond donors (Lipinski definition) is 0. The molecule has 0 saturated heterocycles. The molecule has 0 unspecified atom stereocenters. The van der Waals surface area contributed by atoms with Gasteiger partial charge in [-0.1, -0.05) is 94.6 Å². The molecule has 0 aliphatic carbocycles. The van der Waals surface area contributed by atoms with Crippen LogP contribution < -0.4 is 48.6 Å². The molecule has 8 aromatic carbocycles. The maximum Gasteiger partial charge on any atom is 0.143 e. The molecule has 57 heavy (non-hydrogen) atoms. The normalized spacial score (nSPS) is 11.7. The SMILES string of the molecule is [B]c1c([B])c([B])c2c(c1[B])c1oc(-c3ccc4c(c3)oc3cc(N(c5ccccc5)c5ccccc5)ccc34)c(-c3ccccc3)c1c1c([B])c([B])c([B])c([B])c21. The molecule has 0 amide bonds. The molecule has 2 aromatic heterocycles. The van der Waals surface area contributed by atoms with Gasteiger partial charge in [0.05, 0.1) is 0 Å². The van der Waals surface area contributed by atoms with Gasteiger partial charge in [0.2, 0.25) is 0 Å². The fourth-order valence-electron chi connectivity index (χ4n) is 8.25. The first-order valence-electron chi connectivity index (χ1n) is 18.3. The minimum Gasteiger partial charge on any atom is -0.456 e. The number of rotatable bonds is 5. The van der Waals surface area contributed by atoms with Gasteiger partial charge in [0.1, 0.15) is 85.3 Å². The summed E-state index contributed by atoms with van der Waals surface area (Å²) >= 11 is 0. The van der Waals surface area contributed by atoms with E-state index >= 15 is 0 Å². The lowest BCUT2D eigenvalue weighted by Crippen LogP contribution is -2.50. The Morgan fingerprint density at radius 3 is 1.37 bits per heavy atom. The van der Waals surface area contributed by atoms with Gasteiger partial charge in [-0.05, 0) is 70.3 Å². The third-order valence-electron chi connectivity index (χ3n) is 11.0. The molecule has 0 spiro atoms. The van der Waals surface area contributed by atoms with Gasteiger partial charge in [-0.3, -0.25) is 0 Å². The lowest BCUT2D eigenvalue weighted by atomic mass is 9.60. The monoisotopic (exact) mass is 707 g/mol. The molecule has 2 heterocycles. The van der Waals surface area contributed by atoms with Gasteiger partial charge in [-0.2, -0.15) is 0 Å². The smallest absolute Gasteiger partial charge is 0.143 e. The lowest BCUT2D eigenvalue weighted by molar-refractivity contribution is 0.635. The zero-order chi connectivity index (χ0) is 39.3. The van der Waals surface area contributed by atoms with Gasteiger partial charge in [0.25, 0.3) is 0 Å². The molecule has 0 N–H and O–H groups in total. The van der Waals surface area contributed by atoms with Crippen molar-refractivity contribution in [2.24, 2.45) is 0 Å². The summed E-state index contributed by atoms with van der Waals surface area (Å²) in [6, 6.07) is 42.6. The van der Waals surface area contributed by atoms with Gasteiger partial charge in [-0.15, -0.1) is 21.9 Å². The summed E-state index contributed by atoms with van der Waals surface area (Å²) in [5.41, 5.74) is 8.31. The standard InChI is InChI=1S/C46H21B8NO2/c47-37-32-33(38(48)42(52)41(37)51)35-31(22-10-4-1-5-11-22)45(57-46(35)36-34(32)39(49)43(53)44(54)40(36)50)23-16-18-27-28-19-17-26(21-30(28)56-29(27)20-23)55(24-12-6-2-7-13-24)25-14-8-3-9-15-25/h1-21H. The molecule has 0 saturated carbocycles. The number of furan rings is 2. The van der Waals surface area contributed by atoms with Crippen molar-refractivity contribution >= 4 is 178 Å². The number of anilines is 3. The predicted molar refractivity (Wildman–Crippen MR) is 247 cm³/mol. The van der Waals surface area contributed by atoms with Crippen molar-refractivity contribution in [3.63, 3.8) is 0 Å². The first-order valence-corrected chi connectivity index (χ1v) is 18.3. The van der Waals surface area contributed by atoms with Crippen molar-refractivity contribution in [1.29, 1.82) is 0 Å². The van der Waals surface area contributed by atoms with E-state index in [1.807, 2.05) is 84.9 Å². The average Bonchev–Trinajstić information content (AvgIpc) is 3.82. The number of hydrogen-bond acceptors (Lipinski definition) is 3. The van der Waals surface area contributed by atoms with Crippen molar-refractivity contribution in [2.45, 2.75) is 0 Å². The van der Waals surface area contributed by atoms with Crippen molar-refractivity contribution in [2.75, 3.05) is 4.90 Å². The third kappa shape index (κ3) is 5.24. The van der Waals surface area contributed by atoms with Gasteiger partial charge in [0, 0.05) is 55.8 Å². The van der Waals surface area contributed by atoms with Crippen LogP contribution in [0, 0.1) is 0 Å². The van der Waals surface area contributed by atoms with Crippen molar-refractivity contribution in [3.8, 4) is 22.5 Å². The van der Waals surface area contributed by atoms with Crippen LogP contribution in [-0.4, -0.2) is 62.8 Å². The topological polar surface area (TPSA) is 29.5 Å². The Labute approximate surface area is 340 Å². The maximum absolute atomic E-state index is 6.98. The molecule has 0 aliphatic rings. The zero-order valence-corrected chi connectivity index (χ0v) is 30.5. The Bertz CT molecular complexity index is 3230. The third-order valence-corrected chi connectivity index (χ3v) is 11.0. The van der Waals surface area contributed by atoms with Crippen LogP contribution in [0.2, 0.25) is 0 Å². The fraction of sp³-hybridized carbons (Fsp3) is 0. The van der Waals surface area contributed by atoms with Gasteiger partial charge in [-0.25, -0.2) is 0 Å². The quantitative estimate of drug-likeness (QED) is 0.202. The summed E-state index contributed by atoms with van der Waals surface area (Å²) in [5.74, 6) is 0.522. The molecular weight excluding hydrogens is 685 g/mol. The Morgan fingerprint density at radius 2 is 0.807 bits per heavy atom. The van der Waals surface area contributed by atoms with E-state index in [2.05, 4.69) is 47.4 Å². The number of benzene rings is 8. The summed E-state index contributed by atoms with van der Waals surface area (Å²) in [7, 11) is 53.1. The summed E-state index contributed by atoms with van der Waals surface area (Å²) in [4.78, 5) is 2.20. The van der Waals surface area contributed by atoms with E-state index in [9.17, 15) is 0 Å². The highest BCUT2D eigenvalue weighted by Crippen LogP contribution is 2.47. The molecular formula is C46H21B8NO2. The van der Waals surface area contributed by atoms with E-state index in [0.29, 0.717) is 43.9 Å². The number of para-hydroxylation sites is 2. The van der Waals surface area contributed by atoms with Crippen LogP contribution in [-0.2, 0) is 0 Å². The van der Waals surface area contributed by atoms with E-state index in [1.165, 1.54) is 0 Å². The largest absolute Gasteiger partial charge is 0.456 e. The van der Waals surface area contributed by atoms with Crippen molar-refractivity contribution in [1.82, 2.24) is 0 Å². The first-order chi connectivity index (χ1) is 27.6. The molecule has 10 aromatic rings. The lowest BCUT2D eigenvalue weighted by Gasteiger charge is -2.25. The Hall–Kier alpha value is -6.06. The van der Waals surface area contributed by atoms with Gasteiger partial charge >= 0.3 is 0 Å². The van der Waals surface area contributed by atoms with E-state index < -0.39 is 0 Å². The van der Waals surface area contributed by atoms with Crippen LogP contribution in [0.4, 0.5) is 17.1 Å². The second kappa shape index (κ2) is 13.3. The van der Waals surface area contributed by atoms with Crippen LogP contribution in [0.15, 0.2) is 136 Å². The highest BCUT2D eigenvalue weighted by atomic mass is 16.3. The van der Waals surface area contributed by atoms with Gasteiger partial charge < -0.3 is 13.7 Å². The summed E-state index contributed by atoms with van der Waals surface area (Å²) < 4.78 is 13.6. The Kier molecular flexibility index (Phi) is 8.23. The van der Waals surface area contributed by atoms with E-state index in [-0.39, 0.29) is 43.7 Å². The van der Waals surface area contributed by atoms with Crippen LogP contribution in [0.25, 0.3) is 76.9 Å². The minimum absolute atomic E-state index is 0.109. The van der Waals surface area contributed by atoms with E-state index in [0.717, 1.165) is 50.1 Å². The average molecular weight is 706 g/mol. The highest BCUT2D eigenvalue weighted by Gasteiger charge is 2.27. The molecule has 0 aliphatic heterocycles. The molecule has 0 fully saturated rings. The molecule has 0 bridgehead atoms. The predicted octanol–water partition coefficient (Wildman–Crippen LogP) is 3.79. The van der Waals surface area contributed by atoms with Crippen LogP contribution in [0.1, 0.15) is 0 Å². The number of nitrogens with zero attached hydrogens (tertiary/aromatic N) is 1. The molecule has 246 valence electrons. The summed E-state index contributed by atoms with van der Waals surface area (Å²) in [6.07, 6.45) is 0. The van der Waals surface area contributed by atoms with Crippen LogP contribution >= 0.6 is 0 Å². The van der Waals surface area contributed by atoms with Crippen molar-refractivity contribution in [3.05, 3.63) is 127 Å². The maximum atomic E-state index is 6.98. The van der Waals surface area contributed by atoms with E-state index in [1.54, 1.807) is 0 Å². The molecule has 16 radical (unpaired) electrons. The Balaban J connectivity index is 1.27. The zero-order valence-electron chi connectivity index (χ0n) is 30.5. The van der Waals surface area contributed by atoms with Crippen molar-refractivity contribution < 1.29 is 8.83 Å². The molecule has 3 nitrogen and oxygen atoms in total. The second-order valence-corrected chi connectivity index (χ2v) is 14.2. The second-order valence-electron chi connectivity index (χ2n) is 14.2. The van der Waals surface area contributed by atoms with Crippen LogP contribution in [0.5, 0.6) is 0 Å². The highest BCUT2D eigenvalue weighted by molar-refractivity contribution is 6.72. The number of fused-ring (bicyclic) bond motifs is 9. The van der Waals surface area contributed by atoms with Gasteiger partial charge in [0.15, 0.2) is 0 Å². The van der Waals surface area contributed by atoms with Crippen LogP contribution in [0.3, 0.4) is 0 Å². The first kappa shape index (κ1) is 35.4. The molecule has 0 atom stereocenters. The fourth-order valence-corrected chi connectivity index (χ4v) is 8.25. The summed E-state index contributed by atoms with van der Waals surface area (Å²) in [6.45, 7) is 0. The summed E-state index contributed by atoms with van der Waals surface area (Å²) in [5, 5.41) is 4.33. The Morgan fingerprint density at radius 1 is 0.351 bits per heavy atom. The minimum atomic E-state index is 0.109. The molecule has 11 heteroatoms.